The third-order valence-corrected chi connectivity index (χ3v) is 10.5. The molecule has 2 saturated heterocycles. The molecule has 236 valence electrons. The van der Waals surface area contributed by atoms with E-state index in [1.165, 1.54) is 52.4 Å². The minimum absolute atomic E-state index is 0.0496. The quantitative estimate of drug-likeness (QED) is 0.329. The summed E-state index contributed by atoms with van der Waals surface area (Å²) in [4.78, 5) is 41.3. The van der Waals surface area contributed by atoms with Gasteiger partial charge in [0.1, 0.15) is 0 Å². The Kier molecular flexibility index (Phi) is 10.7. The molecule has 2 heterocycles. The summed E-state index contributed by atoms with van der Waals surface area (Å²) in [6, 6.07) is 0. The highest BCUT2D eigenvalue weighted by Crippen LogP contribution is 2.65. The zero-order valence-electron chi connectivity index (χ0n) is 25.9. The van der Waals surface area contributed by atoms with Crippen LogP contribution in [0.1, 0.15) is 80.1 Å². The van der Waals surface area contributed by atoms with E-state index in [4.69, 9.17) is 34.0 Å². The van der Waals surface area contributed by atoms with Crippen LogP contribution in [0.25, 0.3) is 0 Å². The number of carboxylic acid groups (broad SMARTS) is 2. The number of hydrogen-bond donors (Lipinski definition) is 2. The third kappa shape index (κ3) is 6.75. The molecule has 2 N–H and O–H groups in total. The van der Waals surface area contributed by atoms with Gasteiger partial charge >= 0.3 is 17.9 Å². The van der Waals surface area contributed by atoms with Crippen molar-refractivity contribution in [1.82, 2.24) is 0 Å². The van der Waals surface area contributed by atoms with Gasteiger partial charge in [0.15, 0.2) is 0 Å². The molecule has 4 bridgehead atoms. The average molecular weight is 593 g/mol. The van der Waals surface area contributed by atoms with E-state index in [1.807, 2.05) is 0 Å². The molecule has 0 aromatic carbocycles. The van der Waals surface area contributed by atoms with Crippen molar-refractivity contribution in [2.24, 2.45) is 46.3 Å². The second kappa shape index (κ2) is 13.3. The lowest BCUT2D eigenvalue weighted by Crippen LogP contribution is -2.41. The Balaban J connectivity index is 0.000000177. The summed E-state index contributed by atoms with van der Waals surface area (Å²) in [5, 5.41) is 15.3. The SMILES string of the molecule is C=C(C)C(=O)O.C=C(C)C(=O)OC1OCC2C3CC[C@@H](C3)[C@]12C.CC(=O)O.CC(=O)OC1OCC2C3CC[C@@H](C3)[C@]12C. The van der Waals surface area contributed by atoms with Gasteiger partial charge in [-0.15, -0.1) is 0 Å². The smallest absolute Gasteiger partial charge is 0.335 e. The van der Waals surface area contributed by atoms with Gasteiger partial charge in [-0.2, -0.15) is 0 Å². The molecule has 0 radical (unpaired) electrons. The fourth-order valence-corrected chi connectivity index (χ4v) is 8.29. The van der Waals surface area contributed by atoms with Crippen LogP contribution in [0.15, 0.2) is 24.3 Å². The van der Waals surface area contributed by atoms with E-state index in [0.29, 0.717) is 29.2 Å². The van der Waals surface area contributed by atoms with Crippen LogP contribution < -0.4 is 0 Å². The Morgan fingerprint density at radius 2 is 1.10 bits per heavy atom. The van der Waals surface area contributed by atoms with Crippen molar-refractivity contribution in [2.75, 3.05) is 13.2 Å². The molecule has 6 fully saturated rings. The first kappa shape index (κ1) is 33.8. The molecule has 0 spiro atoms. The maximum Gasteiger partial charge on any atom is 0.335 e. The molecule has 42 heavy (non-hydrogen) atoms. The Bertz CT molecular complexity index is 1070. The lowest BCUT2D eigenvalue weighted by Gasteiger charge is -2.37. The van der Waals surface area contributed by atoms with Crippen LogP contribution in [0.3, 0.4) is 0 Å². The Morgan fingerprint density at radius 1 is 0.714 bits per heavy atom. The van der Waals surface area contributed by atoms with Crippen molar-refractivity contribution in [1.29, 1.82) is 0 Å². The third-order valence-electron chi connectivity index (χ3n) is 10.5. The lowest BCUT2D eigenvalue weighted by atomic mass is 9.68. The highest BCUT2D eigenvalue weighted by atomic mass is 16.7. The van der Waals surface area contributed by atoms with Crippen molar-refractivity contribution < 1.29 is 48.3 Å². The second-order valence-corrected chi connectivity index (χ2v) is 13.2. The molecule has 10 atom stereocenters. The van der Waals surface area contributed by atoms with Crippen molar-refractivity contribution in [2.45, 2.75) is 92.6 Å². The molecular weight excluding hydrogens is 544 g/mol. The fraction of sp³-hybridized carbons (Fsp3) is 0.750. The van der Waals surface area contributed by atoms with Crippen molar-refractivity contribution in [3.63, 3.8) is 0 Å². The summed E-state index contributed by atoms with van der Waals surface area (Å²) < 4.78 is 22.2. The summed E-state index contributed by atoms with van der Waals surface area (Å²) in [5.41, 5.74) is 0.779. The molecule has 10 heteroatoms. The average Bonchev–Trinajstić information content (AvgIpc) is 3.71. The van der Waals surface area contributed by atoms with E-state index in [0.717, 1.165) is 32.0 Å². The van der Waals surface area contributed by atoms with E-state index in [-0.39, 0.29) is 40.9 Å². The van der Waals surface area contributed by atoms with Crippen LogP contribution in [-0.2, 0) is 38.1 Å². The summed E-state index contributed by atoms with van der Waals surface area (Å²) in [5.74, 6) is 1.89. The zero-order chi connectivity index (χ0) is 31.6. The van der Waals surface area contributed by atoms with Gasteiger partial charge in [-0.3, -0.25) is 9.59 Å². The van der Waals surface area contributed by atoms with Gasteiger partial charge in [-0.05, 0) is 87.9 Å². The van der Waals surface area contributed by atoms with E-state index in [1.54, 1.807) is 6.92 Å². The monoisotopic (exact) mass is 592 g/mol. The largest absolute Gasteiger partial charge is 0.481 e. The number of esters is 2. The van der Waals surface area contributed by atoms with Gasteiger partial charge in [0.2, 0.25) is 12.6 Å². The molecular formula is C32H48O10. The first-order valence-corrected chi connectivity index (χ1v) is 14.9. The van der Waals surface area contributed by atoms with E-state index >= 15 is 0 Å². The number of aliphatic carboxylic acids is 2. The van der Waals surface area contributed by atoms with E-state index in [2.05, 4.69) is 27.0 Å². The standard InChI is InChI=1S/C14H20O3.C12H18O3.C4H6O2.C2H4O2/c1-8(2)12(15)17-13-14(3)10-5-4-9(6-10)11(14)7-16-13;1-7(13)15-11-12(2)9-4-3-8(5-9)10(12)6-14-11;1-3(2)4(5)6;1-2(3)4/h9-11,13H,1,4-7H2,2-3H3;8-11H,3-6H2,1-2H3;1H2,2H3,(H,5,6);1H3,(H,3,4)/t9?,10-,11?,13?,14-;8?,9-,10?,11?,12-;;/m00../s1. The minimum atomic E-state index is -0.935. The molecule has 4 aliphatic carbocycles. The Morgan fingerprint density at radius 3 is 1.43 bits per heavy atom. The molecule has 6 aliphatic rings. The predicted molar refractivity (Wildman–Crippen MR) is 153 cm³/mol. The topological polar surface area (TPSA) is 146 Å². The molecule has 6 unspecified atom stereocenters. The van der Waals surface area contributed by atoms with Gasteiger partial charge < -0.3 is 29.2 Å². The summed E-state index contributed by atoms with van der Waals surface area (Å²) >= 11 is 0. The number of carbonyl (C=O) groups is 4. The number of fused-ring (bicyclic) bond motifs is 10. The fourth-order valence-electron chi connectivity index (χ4n) is 8.29. The van der Waals surface area contributed by atoms with Crippen LogP contribution in [0.5, 0.6) is 0 Å². The predicted octanol–water partition coefficient (Wildman–Crippen LogP) is 5.21. The van der Waals surface area contributed by atoms with Crippen molar-refractivity contribution in [3.05, 3.63) is 24.3 Å². The summed E-state index contributed by atoms with van der Waals surface area (Å²) in [6.07, 6.45) is 7.22. The van der Waals surface area contributed by atoms with E-state index in [9.17, 15) is 14.4 Å². The van der Waals surface area contributed by atoms with Gasteiger partial charge in [-0.25, -0.2) is 9.59 Å². The van der Waals surface area contributed by atoms with Gasteiger partial charge in [0.05, 0.1) is 13.2 Å². The number of carbonyl (C=O) groups excluding carboxylic acids is 2. The Labute approximate surface area is 248 Å². The first-order chi connectivity index (χ1) is 19.5. The van der Waals surface area contributed by atoms with Crippen LogP contribution in [-0.4, -0.2) is 59.9 Å². The highest BCUT2D eigenvalue weighted by molar-refractivity contribution is 5.87. The zero-order valence-corrected chi connectivity index (χ0v) is 25.9. The second-order valence-electron chi connectivity index (χ2n) is 13.2. The molecule has 0 amide bonds. The van der Waals surface area contributed by atoms with Crippen molar-refractivity contribution >= 4 is 23.9 Å². The number of hydrogen-bond acceptors (Lipinski definition) is 8. The molecule has 10 nitrogen and oxygen atoms in total. The summed E-state index contributed by atoms with van der Waals surface area (Å²) in [6.45, 7) is 18.5. The Hall–Kier alpha value is -2.72. The van der Waals surface area contributed by atoms with Crippen molar-refractivity contribution in [3.8, 4) is 0 Å². The van der Waals surface area contributed by atoms with Crippen LogP contribution in [0.4, 0.5) is 0 Å². The van der Waals surface area contributed by atoms with Gasteiger partial charge in [0.25, 0.3) is 5.97 Å². The lowest BCUT2D eigenvalue weighted by molar-refractivity contribution is -0.188. The van der Waals surface area contributed by atoms with Crippen LogP contribution in [0.2, 0.25) is 0 Å². The maximum absolute atomic E-state index is 11.6. The van der Waals surface area contributed by atoms with Gasteiger partial charge in [0, 0.05) is 35.8 Å². The van der Waals surface area contributed by atoms with Gasteiger partial charge in [-0.1, -0.05) is 27.0 Å². The summed E-state index contributed by atoms with van der Waals surface area (Å²) in [7, 11) is 0. The molecule has 6 rings (SSSR count). The number of carboxylic acids is 2. The van der Waals surface area contributed by atoms with Crippen LogP contribution >= 0.6 is 0 Å². The minimum Gasteiger partial charge on any atom is -0.481 e. The van der Waals surface area contributed by atoms with E-state index < -0.39 is 11.9 Å². The first-order valence-electron chi connectivity index (χ1n) is 14.9. The number of ether oxygens (including phenoxy) is 4. The molecule has 4 saturated carbocycles. The number of rotatable bonds is 4. The maximum atomic E-state index is 11.6. The molecule has 0 aromatic heterocycles. The van der Waals surface area contributed by atoms with Crippen LogP contribution in [0, 0.1) is 46.3 Å². The molecule has 0 aromatic rings. The normalized spacial score (nSPS) is 39.2. The molecule has 2 aliphatic heterocycles. The highest BCUT2D eigenvalue weighted by Gasteiger charge is 2.65.